The average Bonchev–Trinajstić information content (AvgIpc) is 2.90. The first kappa shape index (κ1) is 35.2. The molecule has 0 saturated carbocycles. The average molecular weight is 768 g/mol. The van der Waals surface area contributed by atoms with Gasteiger partial charge in [-0.1, -0.05) is 12.1 Å². The van der Waals surface area contributed by atoms with Crippen LogP contribution in [0.25, 0.3) is 0 Å². The lowest BCUT2D eigenvalue weighted by Crippen LogP contribution is -2.49. The lowest BCUT2D eigenvalue weighted by Gasteiger charge is -2.35. The predicted octanol–water partition coefficient (Wildman–Crippen LogP) is 8.87. The van der Waals surface area contributed by atoms with Crippen molar-refractivity contribution in [2.45, 2.75) is 23.7 Å². The standard InChI is InChI=1S/C27H17F11IN2O2P/c1-2-10-41(23(43)13-6-8-15(28)9-7-13)19-5-3-4-16(20(19)29)22(42)40-21-17(25(30,31)32)11-14(12-18(21)39)24(44,26(33,34)35)27(36,37)38/h2-9,11-12H,1,10,44H2,(H,40,42). The molecular weight excluding hydrogens is 751 g/mol. The minimum absolute atomic E-state index is 0.102. The molecule has 0 spiro atoms. The number of anilines is 2. The Kier molecular flexibility index (Phi) is 10.1. The molecule has 0 fully saturated rings. The molecule has 0 bridgehead atoms. The molecular formula is C27H17F11IN2O2P. The third-order valence-corrected chi connectivity index (χ3v) is 7.98. The highest BCUT2D eigenvalue weighted by molar-refractivity contribution is 14.1. The minimum Gasteiger partial charge on any atom is -0.320 e. The van der Waals surface area contributed by atoms with E-state index in [4.69, 9.17) is 0 Å². The summed E-state index contributed by atoms with van der Waals surface area (Å²) in [5.41, 5.74) is -6.71. The van der Waals surface area contributed by atoms with Gasteiger partial charge in [0.2, 0.25) is 0 Å². The van der Waals surface area contributed by atoms with Crippen LogP contribution in [0.3, 0.4) is 0 Å². The number of rotatable bonds is 7. The largest absolute Gasteiger partial charge is 0.418 e. The van der Waals surface area contributed by atoms with E-state index in [1.165, 1.54) is 6.08 Å². The zero-order valence-electron chi connectivity index (χ0n) is 21.6. The number of hydrogen-bond acceptors (Lipinski definition) is 2. The summed E-state index contributed by atoms with van der Waals surface area (Å²) < 4.78 is 151. The van der Waals surface area contributed by atoms with Gasteiger partial charge >= 0.3 is 18.5 Å². The maximum atomic E-state index is 15.6. The van der Waals surface area contributed by atoms with Crippen molar-refractivity contribution in [3.05, 3.63) is 105 Å². The Morgan fingerprint density at radius 1 is 0.909 bits per heavy atom. The summed E-state index contributed by atoms with van der Waals surface area (Å²) in [7, 11) is 0.508. The first-order valence-electron chi connectivity index (χ1n) is 11.8. The Morgan fingerprint density at radius 2 is 1.48 bits per heavy atom. The van der Waals surface area contributed by atoms with Gasteiger partial charge in [0.15, 0.2) is 11.0 Å². The third kappa shape index (κ3) is 6.85. The Hall–Kier alpha value is -3.27. The van der Waals surface area contributed by atoms with Gasteiger partial charge < -0.3 is 10.2 Å². The van der Waals surface area contributed by atoms with E-state index in [0.29, 0.717) is 9.24 Å². The molecule has 1 atom stereocenters. The van der Waals surface area contributed by atoms with Crippen LogP contribution in [0.5, 0.6) is 0 Å². The number of nitrogens with one attached hydrogen (secondary N) is 1. The fraction of sp³-hybridized carbons (Fsp3) is 0.185. The zero-order valence-corrected chi connectivity index (χ0v) is 24.9. The topological polar surface area (TPSA) is 49.4 Å². The van der Waals surface area contributed by atoms with Crippen LogP contribution in [-0.2, 0) is 11.3 Å². The normalized spacial score (nSPS) is 12.6. The molecule has 4 nitrogen and oxygen atoms in total. The summed E-state index contributed by atoms with van der Waals surface area (Å²) in [5, 5.41) is -3.07. The Bertz CT molecular complexity index is 1570. The van der Waals surface area contributed by atoms with Crippen LogP contribution in [0.15, 0.2) is 67.3 Å². The lowest BCUT2D eigenvalue weighted by atomic mass is 9.93. The van der Waals surface area contributed by atoms with Crippen molar-refractivity contribution in [3.8, 4) is 0 Å². The lowest BCUT2D eigenvalue weighted by molar-refractivity contribution is -0.269. The summed E-state index contributed by atoms with van der Waals surface area (Å²) in [6.45, 7) is 3.11. The van der Waals surface area contributed by atoms with Crippen molar-refractivity contribution in [1.29, 1.82) is 0 Å². The molecule has 17 heteroatoms. The minimum atomic E-state index is -6.10. The summed E-state index contributed by atoms with van der Waals surface area (Å²) in [5.74, 6) is -4.54. The quantitative estimate of drug-likeness (QED) is 0.113. The fourth-order valence-corrected chi connectivity index (χ4v) is 4.85. The van der Waals surface area contributed by atoms with Crippen molar-refractivity contribution in [2.75, 3.05) is 16.8 Å². The van der Waals surface area contributed by atoms with E-state index in [1.807, 2.05) is 0 Å². The summed E-state index contributed by atoms with van der Waals surface area (Å²) in [6.07, 6.45) is -16.6. The van der Waals surface area contributed by atoms with Crippen LogP contribution in [-0.4, -0.2) is 30.7 Å². The van der Waals surface area contributed by atoms with Crippen LogP contribution >= 0.6 is 31.8 Å². The highest BCUT2D eigenvalue weighted by atomic mass is 127. The van der Waals surface area contributed by atoms with Crippen molar-refractivity contribution in [1.82, 2.24) is 0 Å². The van der Waals surface area contributed by atoms with Crippen molar-refractivity contribution in [2.24, 2.45) is 0 Å². The number of benzene rings is 3. The van der Waals surface area contributed by atoms with Crippen LogP contribution in [0, 0.1) is 15.2 Å². The van der Waals surface area contributed by atoms with Gasteiger partial charge in [0.1, 0.15) is 5.82 Å². The number of alkyl halides is 9. The van der Waals surface area contributed by atoms with E-state index < -0.39 is 84.8 Å². The van der Waals surface area contributed by atoms with E-state index in [-0.39, 0.29) is 18.2 Å². The second-order valence-corrected chi connectivity index (χ2v) is 11.0. The van der Waals surface area contributed by atoms with Crippen LogP contribution in [0.2, 0.25) is 0 Å². The monoisotopic (exact) mass is 768 g/mol. The van der Waals surface area contributed by atoms with Gasteiger partial charge in [0.05, 0.1) is 22.5 Å². The second kappa shape index (κ2) is 12.6. The fourth-order valence-electron chi connectivity index (χ4n) is 3.93. The molecule has 0 aliphatic rings. The molecule has 236 valence electrons. The molecule has 0 heterocycles. The predicted molar refractivity (Wildman–Crippen MR) is 150 cm³/mol. The maximum absolute atomic E-state index is 15.6. The van der Waals surface area contributed by atoms with Gasteiger partial charge in [-0.3, -0.25) is 9.59 Å². The smallest absolute Gasteiger partial charge is 0.320 e. The summed E-state index contributed by atoms with van der Waals surface area (Å²) in [6, 6.07) is 6.79. The van der Waals surface area contributed by atoms with Gasteiger partial charge in [-0.2, -0.15) is 39.5 Å². The van der Waals surface area contributed by atoms with Gasteiger partial charge in [0.25, 0.3) is 11.8 Å². The van der Waals surface area contributed by atoms with Crippen molar-refractivity contribution >= 4 is 55.0 Å². The Morgan fingerprint density at radius 3 is 1.98 bits per heavy atom. The maximum Gasteiger partial charge on any atom is 0.418 e. The number of carbonyl (C=O) groups is 2. The van der Waals surface area contributed by atoms with Gasteiger partial charge in [-0.25, -0.2) is 8.78 Å². The van der Waals surface area contributed by atoms with Gasteiger partial charge in [-0.05, 0) is 76.7 Å². The molecule has 3 rings (SSSR count). The van der Waals surface area contributed by atoms with E-state index in [2.05, 4.69) is 6.58 Å². The first-order valence-corrected chi connectivity index (χ1v) is 13.4. The highest BCUT2D eigenvalue weighted by Gasteiger charge is 2.69. The van der Waals surface area contributed by atoms with Crippen molar-refractivity contribution < 1.29 is 57.9 Å². The molecule has 0 aliphatic carbocycles. The molecule has 3 aromatic rings. The number of amides is 2. The molecule has 44 heavy (non-hydrogen) atoms. The van der Waals surface area contributed by atoms with Gasteiger partial charge in [0, 0.05) is 15.7 Å². The molecule has 0 radical (unpaired) electrons. The third-order valence-electron chi connectivity index (χ3n) is 6.15. The van der Waals surface area contributed by atoms with Crippen LogP contribution in [0.4, 0.5) is 59.7 Å². The zero-order chi connectivity index (χ0) is 33.4. The SMILES string of the molecule is C=CCN(C(=O)c1ccc(F)cc1)c1cccc(C(=O)Nc2c(I)cc(C(P)(C(F)(F)F)C(F)(F)F)cc2C(F)(F)F)c1F. The number of hydrogen-bond donors (Lipinski definition) is 1. The summed E-state index contributed by atoms with van der Waals surface area (Å²) >= 11 is 1.01. The molecule has 0 aliphatic heterocycles. The van der Waals surface area contributed by atoms with E-state index in [9.17, 15) is 53.5 Å². The van der Waals surface area contributed by atoms with E-state index >= 15 is 4.39 Å². The summed E-state index contributed by atoms with van der Waals surface area (Å²) in [4.78, 5) is 26.8. The number of halogens is 12. The Balaban J connectivity index is 2.11. The highest BCUT2D eigenvalue weighted by Crippen LogP contribution is 2.57. The molecule has 0 saturated heterocycles. The molecule has 2 amide bonds. The number of carbonyl (C=O) groups excluding carboxylic acids is 2. The first-order chi connectivity index (χ1) is 20.1. The van der Waals surface area contributed by atoms with Crippen LogP contribution in [0.1, 0.15) is 31.8 Å². The second-order valence-electron chi connectivity index (χ2n) is 8.99. The van der Waals surface area contributed by atoms with Gasteiger partial charge in [-0.15, -0.1) is 15.8 Å². The molecule has 1 N–H and O–H groups in total. The molecule has 0 aromatic heterocycles. The van der Waals surface area contributed by atoms with E-state index in [0.717, 1.165) is 70.0 Å². The molecule has 3 aromatic carbocycles. The van der Waals surface area contributed by atoms with Crippen LogP contribution < -0.4 is 10.2 Å². The number of nitrogens with zero attached hydrogens (tertiary/aromatic N) is 1. The van der Waals surface area contributed by atoms with E-state index in [1.54, 1.807) is 5.32 Å². The molecule has 1 unspecified atom stereocenters. The Labute approximate surface area is 257 Å². The van der Waals surface area contributed by atoms with Crippen molar-refractivity contribution in [3.63, 3.8) is 0 Å².